The number of likely N-dealkylation sites (tertiary alicyclic amines) is 1. The molecule has 1 unspecified atom stereocenters. The Bertz CT molecular complexity index is 1810. The van der Waals surface area contributed by atoms with Crippen LogP contribution in [0, 0.1) is 5.82 Å². The van der Waals surface area contributed by atoms with Gasteiger partial charge in [0.05, 0.1) is 38.6 Å². The summed E-state index contributed by atoms with van der Waals surface area (Å²) in [5.41, 5.74) is 4.52. The number of halogens is 1. The Morgan fingerprint density at radius 2 is 1.78 bits per heavy atom. The zero-order chi connectivity index (χ0) is 34.3. The number of H-pyrrole nitrogens is 1. The van der Waals surface area contributed by atoms with Gasteiger partial charge in [0.2, 0.25) is 11.7 Å². The fraction of sp³-hybridized carbons (Fsp3) is 0.368. The van der Waals surface area contributed by atoms with Crippen molar-refractivity contribution in [3.63, 3.8) is 0 Å². The second-order valence-corrected chi connectivity index (χ2v) is 12.6. The number of nitrogens with zero attached hydrogens (tertiary/aromatic N) is 3. The predicted octanol–water partition coefficient (Wildman–Crippen LogP) is 6.73. The highest BCUT2D eigenvalue weighted by atomic mass is 19.1. The molecule has 10 nitrogen and oxygen atoms in total. The maximum atomic E-state index is 13.9. The number of piperidine rings is 1. The first-order valence-corrected chi connectivity index (χ1v) is 16.6. The van der Waals surface area contributed by atoms with Gasteiger partial charge in [-0.15, -0.1) is 0 Å². The van der Waals surface area contributed by atoms with Gasteiger partial charge in [0.1, 0.15) is 11.6 Å². The van der Waals surface area contributed by atoms with Crippen molar-refractivity contribution in [3.8, 4) is 17.2 Å². The van der Waals surface area contributed by atoms with Crippen LogP contribution in [0.4, 0.5) is 10.3 Å². The number of para-hydroxylation sites is 1. The summed E-state index contributed by atoms with van der Waals surface area (Å²) in [4.78, 5) is 26.1. The molecule has 2 aromatic heterocycles. The molecule has 1 fully saturated rings. The molecule has 1 saturated heterocycles. The SMILES string of the molecule is COc1cc(C(=O)N(C)CC(CCN2CCC(Nc3nc4c(Cc5ccco5)cccc4[nH]3)CC2)c2ccc(F)cc2)cc(OC)c1OC. The zero-order valence-electron chi connectivity index (χ0n) is 28.5. The number of hydrogen-bond acceptors (Lipinski definition) is 8. The molecule has 1 aliphatic heterocycles. The molecule has 3 heterocycles. The van der Waals surface area contributed by atoms with Crippen molar-refractivity contribution >= 4 is 22.9 Å². The van der Waals surface area contributed by atoms with Gasteiger partial charge >= 0.3 is 0 Å². The van der Waals surface area contributed by atoms with E-state index < -0.39 is 0 Å². The smallest absolute Gasteiger partial charge is 0.253 e. The number of aromatic nitrogens is 2. The van der Waals surface area contributed by atoms with E-state index in [0.717, 1.165) is 72.8 Å². The van der Waals surface area contributed by atoms with Crippen LogP contribution >= 0.6 is 0 Å². The maximum absolute atomic E-state index is 13.9. The van der Waals surface area contributed by atoms with Gasteiger partial charge in [-0.1, -0.05) is 24.3 Å². The van der Waals surface area contributed by atoms with Crippen LogP contribution in [0.5, 0.6) is 17.2 Å². The van der Waals surface area contributed by atoms with E-state index in [9.17, 15) is 9.18 Å². The molecule has 0 spiro atoms. The minimum atomic E-state index is -0.280. The number of anilines is 1. The van der Waals surface area contributed by atoms with Gasteiger partial charge in [0.25, 0.3) is 5.91 Å². The summed E-state index contributed by atoms with van der Waals surface area (Å²) < 4.78 is 35.8. The van der Waals surface area contributed by atoms with Crippen LogP contribution in [0.15, 0.2) is 77.4 Å². The minimum Gasteiger partial charge on any atom is -0.493 e. The molecule has 11 heteroatoms. The summed E-state index contributed by atoms with van der Waals surface area (Å²) in [5, 5.41) is 3.63. The monoisotopic (exact) mass is 669 g/mol. The topological polar surface area (TPSA) is 105 Å². The summed E-state index contributed by atoms with van der Waals surface area (Å²) in [6.45, 7) is 3.21. The Hall–Kier alpha value is -5.03. The second kappa shape index (κ2) is 15.5. The number of imidazole rings is 1. The van der Waals surface area contributed by atoms with Gasteiger partial charge in [0, 0.05) is 50.6 Å². The number of rotatable bonds is 14. The molecular weight excluding hydrogens is 625 g/mol. The van der Waals surface area contributed by atoms with Gasteiger partial charge < -0.3 is 38.7 Å². The average Bonchev–Trinajstić information content (AvgIpc) is 3.80. The molecule has 0 bridgehead atoms. The van der Waals surface area contributed by atoms with E-state index in [2.05, 4.69) is 27.3 Å². The van der Waals surface area contributed by atoms with Crippen molar-refractivity contribution < 1.29 is 27.8 Å². The molecule has 2 N–H and O–H groups in total. The first-order chi connectivity index (χ1) is 23.8. The maximum Gasteiger partial charge on any atom is 0.253 e. The van der Waals surface area contributed by atoms with E-state index in [1.54, 1.807) is 30.3 Å². The van der Waals surface area contributed by atoms with Gasteiger partial charge in [-0.3, -0.25) is 4.79 Å². The number of fused-ring (bicyclic) bond motifs is 1. The van der Waals surface area contributed by atoms with Gasteiger partial charge in [-0.25, -0.2) is 9.37 Å². The van der Waals surface area contributed by atoms with Crippen LogP contribution in [0.1, 0.15) is 52.4 Å². The number of carbonyl (C=O) groups is 1. The largest absolute Gasteiger partial charge is 0.493 e. The Kier molecular flexibility index (Phi) is 10.7. The lowest BCUT2D eigenvalue weighted by Gasteiger charge is -2.33. The number of ether oxygens (including phenoxy) is 3. The lowest BCUT2D eigenvalue weighted by Crippen LogP contribution is -2.40. The Balaban J connectivity index is 1.07. The Labute approximate surface area is 286 Å². The quantitative estimate of drug-likeness (QED) is 0.134. The molecule has 258 valence electrons. The number of benzene rings is 3. The van der Waals surface area contributed by atoms with E-state index >= 15 is 0 Å². The molecule has 1 aliphatic rings. The summed E-state index contributed by atoms with van der Waals surface area (Å²) in [6, 6.07) is 20.3. The first-order valence-electron chi connectivity index (χ1n) is 16.6. The summed E-state index contributed by atoms with van der Waals surface area (Å²) in [6.07, 6.45) is 5.18. The molecule has 1 atom stereocenters. The standard InChI is InChI=1S/C38H44FN5O5/c1-43(37(45)28-22-33(46-2)36(48-4)34(23-28)47-3)24-27(25-10-12-29(39)13-11-25)14-17-44-18-15-30(16-19-44)40-38-41-32-9-5-7-26(35(32)42-38)21-31-8-6-20-49-31/h5-13,20,22-23,27,30H,14-19,21,24H2,1-4H3,(H2,40,41,42). The van der Waals surface area contributed by atoms with E-state index in [-0.39, 0.29) is 17.6 Å². The number of amides is 1. The number of hydrogen-bond donors (Lipinski definition) is 2. The van der Waals surface area contributed by atoms with Crippen LogP contribution < -0.4 is 19.5 Å². The number of carbonyl (C=O) groups excluding carboxylic acids is 1. The fourth-order valence-electron chi connectivity index (χ4n) is 6.67. The van der Waals surface area contributed by atoms with Crippen LogP contribution in [0.3, 0.4) is 0 Å². The number of aromatic amines is 1. The molecule has 0 aliphatic carbocycles. The first kappa shape index (κ1) is 33.9. The zero-order valence-corrected chi connectivity index (χ0v) is 28.5. The lowest BCUT2D eigenvalue weighted by molar-refractivity contribution is 0.0781. The molecule has 1 amide bonds. The molecule has 0 radical (unpaired) electrons. The van der Waals surface area contributed by atoms with E-state index in [0.29, 0.717) is 41.8 Å². The molecule has 49 heavy (non-hydrogen) atoms. The summed E-state index contributed by atoms with van der Waals surface area (Å²) in [7, 11) is 6.37. The van der Waals surface area contributed by atoms with E-state index in [1.165, 1.54) is 33.5 Å². The Morgan fingerprint density at radius 1 is 1.04 bits per heavy atom. The highest BCUT2D eigenvalue weighted by Gasteiger charge is 2.25. The third kappa shape index (κ3) is 8.00. The van der Waals surface area contributed by atoms with Crippen LogP contribution in [0.2, 0.25) is 0 Å². The fourth-order valence-corrected chi connectivity index (χ4v) is 6.67. The van der Waals surface area contributed by atoms with Crippen LogP contribution in [-0.2, 0) is 6.42 Å². The predicted molar refractivity (Wildman–Crippen MR) is 188 cm³/mol. The molecule has 3 aromatic carbocycles. The number of methoxy groups -OCH3 is 3. The summed E-state index contributed by atoms with van der Waals surface area (Å²) >= 11 is 0. The minimum absolute atomic E-state index is 0.0124. The Morgan fingerprint density at radius 3 is 2.43 bits per heavy atom. The van der Waals surface area contributed by atoms with Crippen molar-refractivity contribution in [1.82, 2.24) is 19.8 Å². The highest BCUT2D eigenvalue weighted by Crippen LogP contribution is 2.38. The molecular formula is C38H44FN5O5. The van der Waals surface area contributed by atoms with Crippen molar-refractivity contribution in [3.05, 3.63) is 101 Å². The molecule has 5 aromatic rings. The lowest BCUT2D eigenvalue weighted by atomic mass is 9.94. The third-order valence-corrected chi connectivity index (χ3v) is 9.36. The van der Waals surface area contributed by atoms with Crippen molar-refractivity contribution in [2.45, 2.75) is 37.6 Å². The van der Waals surface area contributed by atoms with Crippen LogP contribution in [-0.4, -0.2) is 86.3 Å². The third-order valence-electron chi connectivity index (χ3n) is 9.36. The number of furan rings is 1. The van der Waals surface area contributed by atoms with E-state index in [1.807, 2.05) is 30.3 Å². The van der Waals surface area contributed by atoms with E-state index in [4.69, 9.17) is 23.6 Å². The molecule has 6 rings (SSSR count). The average molecular weight is 670 g/mol. The van der Waals surface area contributed by atoms with Crippen molar-refractivity contribution in [2.75, 3.05) is 59.9 Å². The van der Waals surface area contributed by atoms with Crippen molar-refractivity contribution in [1.29, 1.82) is 0 Å². The van der Waals surface area contributed by atoms with Gasteiger partial charge in [0.15, 0.2) is 11.5 Å². The van der Waals surface area contributed by atoms with Gasteiger partial charge in [-0.05, 0) is 79.4 Å². The van der Waals surface area contributed by atoms with Crippen LogP contribution in [0.25, 0.3) is 11.0 Å². The summed E-state index contributed by atoms with van der Waals surface area (Å²) in [5.74, 6) is 2.53. The van der Waals surface area contributed by atoms with Crippen molar-refractivity contribution in [2.24, 2.45) is 0 Å². The van der Waals surface area contributed by atoms with Gasteiger partial charge in [-0.2, -0.15) is 0 Å². The second-order valence-electron chi connectivity index (χ2n) is 12.6. The molecule has 0 saturated carbocycles. The number of likely N-dealkylation sites (N-methyl/N-ethyl adjacent to an activating group) is 1. The highest BCUT2D eigenvalue weighted by molar-refractivity contribution is 5.95. The number of nitrogens with one attached hydrogen (secondary N) is 2. The normalized spacial score (nSPS) is 14.5.